The van der Waals surface area contributed by atoms with E-state index in [4.69, 9.17) is 0 Å². The third kappa shape index (κ3) is 4.46. The van der Waals surface area contributed by atoms with Gasteiger partial charge in [0, 0.05) is 0 Å². The van der Waals surface area contributed by atoms with Gasteiger partial charge >= 0.3 is 0 Å². The molecule has 1 aromatic rings. The minimum atomic E-state index is -1.57. The first-order valence-electron chi connectivity index (χ1n) is 7.23. The number of rotatable bonds is 3. The second-order valence-electron chi connectivity index (χ2n) is 5.32. The highest BCUT2D eigenvalue weighted by Crippen LogP contribution is 2.19. The Bertz CT molecular complexity index is 500. The van der Waals surface area contributed by atoms with E-state index in [0.29, 0.717) is 0 Å². The predicted molar refractivity (Wildman–Crippen MR) is 74.5 cm³/mol. The van der Waals surface area contributed by atoms with Gasteiger partial charge in [0.15, 0.2) is 17.5 Å². The largest absolute Gasteiger partial charge is 0.322 e. The van der Waals surface area contributed by atoms with Gasteiger partial charge in [0.05, 0.1) is 12.2 Å². The lowest BCUT2D eigenvalue weighted by atomic mass is 10.1. The van der Waals surface area contributed by atoms with Crippen molar-refractivity contribution in [3.63, 3.8) is 0 Å². The van der Waals surface area contributed by atoms with Gasteiger partial charge in [0.1, 0.15) is 0 Å². The molecular formula is C15H19F3N2O. The molecule has 0 aromatic heterocycles. The number of anilines is 1. The number of hydrogen-bond donors (Lipinski definition) is 1. The van der Waals surface area contributed by atoms with Gasteiger partial charge in [-0.05, 0) is 38.1 Å². The fourth-order valence-corrected chi connectivity index (χ4v) is 2.49. The SMILES string of the molecule is O=C(CN1CCCCCCC1)Nc1ccc(F)c(F)c1F. The minimum absolute atomic E-state index is 0.137. The second-order valence-corrected chi connectivity index (χ2v) is 5.32. The lowest BCUT2D eigenvalue weighted by Gasteiger charge is -2.23. The van der Waals surface area contributed by atoms with Crippen molar-refractivity contribution in [1.82, 2.24) is 4.90 Å². The average Bonchev–Trinajstić information content (AvgIpc) is 2.42. The van der Waals surface area contributed by atoms with Crippen molar-refractivity contribution in [3.8, 4) is 0 Å². The third-order valence-corrected chi connectivity index (χ3v) is 3.63. The molecule has 1 saturated heterocycles. The minimum Gasteiger partial charge on any atom is -0.322 e. The van der Waals surface area contributed by atoms with Gasteiger partial charge < -0.3 is 5.32 Å². The molecule has 0 spiro atoms. The van der Waals surface area contributed by atoms with Crippen LogP contribution in [0, 0.1) is 17.5 Å². The highest BCUT2D eigenvalue weighted by Gasteiger charge is 2.17. The molecule has 1 aromatic carbocycles. The molecular weight excluding hydrogens is 281 g/mol. The molecule has 0 aliphatic carbocycles. The summed E-state index contributed by atoms with van der Waals surface area (Å²) in [7, 11) is 0. The Labute approximate surface area is 122 Å². The smallest absolute Gasteiger partial charge is 0.238 e. The predicted octanol–water partition coefficient (Wildman–Crippen LogP) is 3.31. The summed E-state index contributed by atoms with van der Waals surface area (Å²) >= 11 is 0. The molecule has 116 valence electrons. The average molecular weight is 300 g/mol. The van der Waals surface area contributed by atoms with E-state index < -0.39 is 23.4 Å². The zero-order valence-corrected chi connectivity index (χ0v) is 11.8. The molecule has 0 unspecified atom stereocenters. The van der Waals surface area contributed by atoms with E-state index in [1.807, 2.05) is 4.90 Å². The summed E-state index contributed by atoms with van der Waals surface area (Å²) in [6, 6.07) is 1.82. The lowest BCUT2D eigenvalue weighted by molar-refractivity contribution is -0.117. The highest BCUT2D eigenvalue weighted by atomic mass is 19.2. The molecule has 0 radical (unpaired) electrons. The maximum absolute atomic E-state index is 13.5. The fourth-order valence-electron chi connectivity index (χ4n) is 2.49. The van der Waals surface area contributed by atoms with Gasteiger partial charge in [0.25, 0.3) is 0 Å². The fraction of sp³-hybridized carbons (Fsp3) is 0.533. The summed E-state index contributed by atoms with van der Waals surface area (Å²) in [6.07, 6.45) is 5.59. The Morgan fingerprint density at radius 1 is 1.00 bits per heavy atom. The molecule has 6 heteroatoms. The van der Waals surface area contributed by atoms with Gasteiger partial charge in [-0.3, -0.25) is 9.69 Å². The van der Waals surface area contributed by atoms with Crippen molar-refractivity contribution < 1.29 is 18.0 Å². The first-order valence-corrected chi connectivity index (χ1v) is 7.23. The van der Waals surface area contributed by atoms with E-state index in [1.54, 1.807) is 0 Å². The number of carbonyl (C=O) groups excluding carboxylic acids is 1. The summed E-state index contributed by atoms with van der Waals surface area (Å²) in [4.78, 5) is 13.9. The zero-order valence-electron chi connectivity index (χ0n) is 11.8. The van der Waals surface area contributed by atoms with Gasteiger partial charge in [0.2, 0.25) is 5.91 Å². The molecule has 1 amide bonds. The summed E-state index contributed by atoms with van der Waals surface area (Å²) in [5, 5.41) is 2.30. The first-order chi connectivity index (χ1) is 10.1. The van der Waals surface area contributed by atoms with Crippen molar-refractivity contribution in [2.24, 2.45) is 0 Å². The normalized spacial score (nSPS) is 17.1. The topological polar surface area (TPSA) is 32.3 Å². The quantitative estimate of drug-likeness (QED) is 0.869. The number of nitrogens with zero attached hydrogens (tertiary/aromatic N) is 1. The van der Waals surface area contributed by atoms with Crippen LogP contribution in [0.3, 0.4) is 0 Å². The number of halogens is 3. The summed E-state index contributed by atoms with van der Waals surface area (Å²) in [5.74, 6) is -4.62. The molecule has 3 nitrogen and oxygen atoms in total. The van der Waals surface area contributed by atoms with Crippen molar-refractivity contribution in [1.29, 1.82) is 0 Å². The van der Waals surface area contributed by atoms with Crippen LogP contribution >= 0.6 is 0 Å². The Balaban J connectivity index is 1.93. The maximum Gasteiger partial charge on any atom is 0.238 e. The first kappa shape index (κ1) is 15.8. The van der Waals surface area contributed by atoms with Gasteiger partial charge in [-0.1, -0.05) is 19.3 Å². The summed E-state index contributed by atoms with van der Waals surface area (Å²) in [6.45, 7) is 1.79. The molecule has 1 N–H and O–H groups in total. The van der Waals surface area contributed by atoms with Crippen LogP contribution in [0.1, 0.15) is 32.1 Å². The van der Waals surface area contributed by atoms with Crippen LogP contribution < -0.4 is 5.32 Å². The lowest BCUT2D eigenvalue weighted by Crippen LogP contribution is -2.35. The number of likely N-dealkylation sites (tertiary alicyclic amines) is 1. The molecule has 1 heterocycles. The number of amides is 1. The van der Waals surface area contributed by atoms with Crippen LogP contribution in [0.4, 0.5) is 18.9 Å². The van der Waals surface area contributed by atoms with Crippen LogP contribution in [0.2, 0.25) is 0 Å². The number of nitrogens with one attached hydrogen (secondary N) is 1. The van der Waals surface area contributed by atoms with E-state index >= 15 is 0 Å². The maximum atomic E-state index is 13.5. The molecule has 0 bridgehead atoms. The van der Waals surface area contributed by atoms with E-state index in [2.05, 4.69) is 5.32 Å². The summed E-state index contributed by atoms with van der Waals surface area (Å²) in [5.41, 5.74) is -0.328. The van der Waals surface area contributed by atoms with Crippen LogP contribution in [-0.2, 0) is 4.79 Å². The monoisotopic (exact) mass is 300 g/mol. The number of carbonyl (C=O) groups is 1. The highest BCUT2D eigenvalue weighted by molar-refractivity contribution is 5.92. The Hall–Kier alpha value is -1.56. The molecule has 21 heavy (non-hydrogen) atoms. The molecule has 1 aliphatic rings. The number of benzene rings is 1. The Morgan fingerprint density at radius 3 is 2.29 bits per heavy atom. The molecule has 1 fully saturated rings. The van der Waals surface area contributed by atoms with E-state index in [-0.39, 0.29) is 12.2 Å². The van der Waals surface area contributed by atoms with Gasteiger partial charge in [-0.15, -0.1) is 0 Å². The van der Waals surface area contributed by atoms with E-state index in [1.165, 1.54) is 6.42 Å². The number of hydrogen-bond acceptors (Lipinski definition) is 2. The van der Waals surface area contributed by atoms with Gasteiger partial charge in [-0.25, -0.2) is 13.2 Å². The van der Waals surface area contributed by atoms with Crippen molar-refractivity contribution in [2.45, 2.75) is 32.1 Å². The van der Waals surface area contributed by atoms with Crippen LogP contribution in [0.25, 0.3) is 0 Å². The Morgan fingerprint density at radius 2 is 1.62 bits per heavy atom. The molecule has 2 rings (SSSR count). The third-order valence-electron chi connectivity index (χ3n) is 3.63. The van der Waals surface area contributed by atoms with Gasteiger partial charge in [-0.2, -0.15) is 0 Å². The van der Waals surface area contributed by atoms with Crippen LogP contribution in [-0.4, -0.2) is 30.4 Å². The Kier molecular flexibility index (Phi) is 5.61. The van der Waals surface area contributed by atoms with Crippen molar-refractivity contribution >= 4 is 11.6 Å². The van der Waals surface area contributed by atoms with E-state index in [0.717, 1.165) is 50.9 Å². The molecule has 1 aliphatic heterocycles. The van der Waals surface area contributed by atoms with Crippen molar-refractivity contribution in [3.05, 3.63) is 29.6 Å². The van der Waals surface area contributed by atoms with Crippen LogP contribution in [0.15, 0.2) is 12.1 Å². The summed E-state index contributed by atoms with van der Waals surface area (Å²) < 4.78 is 39.4. The standard InChI is InChI=1S/C15H19F3N2O/c16-11-6-7-12(15(18)14(11)17)19-13(21)10-20-8-4-2-1-3-5-9-20/h6-7H,1-5,8-10H2,(H,19,21). The van der Waals surface area contributed by atoms with E-state index in [9.17, 15) is 18.0 Å². The van der Waals surface area contributed by atoms with Crippen LogP contribution in [0.5, 0.6) is 0 Å². The molecule has 0 atom stereocenters. The molecule has 0 saturated carbocycles. The zero-order chi connectivity index (χ0) is 15.2. The second kappa shape index (κ2) is 7.45. The van der Waals surface area contributed by atoms with Crippen molar-refractivity contribution in [2.75, 3.05) is 25.0 Å².